The van der Waals surface area contributed by atoms with E-state index in [1.807, 2.05) is 30.3 Å². The van der Waals surface area contributed by atoms with Crippen LogP contribution in [0.25, 0.3) is 10.8 Å². The maximum absolute atomic E-state index is 12.1. The first-order valence-corrected chi connectivity index (χ1v) is 11.8. The molecule has 0 spiro atoms. The Morgan fingerprint density at radius 2 is 1.38 bits per heavy atom. The number of hydrogen-bond acceptors (Lipinski definition) is 4. The van der Waals surface area contributed by atoms with Crippen LogP contribution in [-0.4, -0.2) is 39.1 Å². The van der Waals surface area contributed by atoms with Gasteiger partial charge in [-0.1, -0.05) is 48.5 Å². The van der Waals surface area contributed by atoms with E-state index in [9.17, 15) is 9.59 Å². The van der Waals surface area contributed by atoms with Gasteiger partial charge in [0, 0.05) is 25.9 Å². The zero-order chi connectivity index (χ0) is 24.2. The topological polar surface area (TPSA) is 76.7 Å². The first-order chi connectivity index (χ1) is 16.6. The highest BCUT2D eigenvalue weighted by molar-refractivity contribution is 5.85. The maximum atomic E-state index is 12.1. The van der Waals surface area contributed by atoms with Crippen molar-refractivity contribution >= 4 is 22.6 Å². The van der Waals surface area contributed by atoms with Gasteiger partial charge < -0.3 is 20.1 Å². The van der Waals surface area contributed by atoms with E-state index >= 15 is 0 Å². The lowest BCUT2D eigenvalue weighted by Gasteiger charge is -2.10. The predicted octanol–water partition coefficient (Wildman–Crippen LogP) is 4.44. The Hall–Kier alpha value is -3.54. The molecule has 6 nitrogen and oxygen atoms in total. The molecule has 0 saturated carbocycles. The first kappa shape index (κ1) is 25.1. The van der Waals surface area contributed by atoms with Gasteiger partial charge >= 0.3 is 0 Å². The van der Waals surface area contributed by atoms with E-state index in [1.165, 1.54) is 16.3 Å². The van der Waals surface area contributed by atoms with E-state index in [0.29, 0.717) is 56.7 Å². The summed E-state index contributed by atoms with van der Waals surface area (Å²) in [4.78, 5) is 24.2. The van der Waals surface area contributed by atoms with E-state index in [-0.39, 0.29) is 11.8 Å². The Bertz CT molecular complexity index is 1090. The third-order valence-electron chi connectivity index (χ3n) is 5.84. The van der Waals surface area contributed by atoms with Gasteiger partial charge in [0.2, 0.25) is 11.8 Å². The fourth-order valence-corrected chi connectivity index (χ4v) is 3.98. The van der Waals surface area contributed by atoms with Crippen molar-refractivity contribution in [2.24, 2.45) is 0 Å². The van der Waals surface area contributed by atoms with Crippen LogP contribution >= 0.6 is 0 Å². The van der Waals surface area contributed by atoms with Crippen molar-refractivity contribution in [1.82, 2.24) is 10.6 Å². The van der Waals surface area contributed by atoms with E-state index in [2.05, 4.69) is 41.0 Å². The van der Waals surface area contributed by atoms with Gasteiger partial charge in [-0.2, -0.15) is 0 Å². The van der Waals surface area contributed by atoms with Crippen LogP contribution in [0.3, 0.4) is 0 Å². The van der Waals surface area contributed by atoms with Crippen LogP contribution in [0.15, 0.2) is 60.7 Å². The number of ether oxygens (including phenoxy) is 2. The van der Waals surface area contributed by atoms with Gasteiger partial charge in [0.25, 0.3) is 0 Å². The van der Waals surface area contributed by atoms with E-state index < -0.39 is 0 Å². The number of nitrogens with one attached hydrogen (secondary N) is 2. The highest BCUT2D eigenvalue weighted by Crippen LogP contribution is 2.27. The SMILES string of the molecule is COc1ccc(CCNC(=O)CCCCC(=O)NCCc2cccc3ccccc23)cc1OC. The summed E-state index contributed by atoms with van der Waals surface area (Å²) in [5.41, 5.74) is 2.31. The molecule has 0 heterocycles. The number of benzene rings is 3. The van der Waals surface area contributed by atoms with Crippen LogP contribution in [0.2, 0.25) is 0 Å². The quantitative estimate of drug-likeness (QED) is 0.368. The number of methoxy groups -OCH3 is 2. The molecule has 0 aliphatic heterocycles. The monoisotopic (exact) mass is 462 g/mol. The van der Waals surface area contributed by atoms with Crippen LogP contribution in [0.1, 0.15) is 36.8 Å². The smallest absolute Gasteiger partial charge is 0.220 e. The van der Waals surface area contributed by atoms with Gasteiger partial charge in [0.05, 0.1) is 14.2 Å². The summed E-state index contributed by atoms with van der Waals surface area (Å²) in [6.45, 7) is 1.17. The maximum Gasteiger partial charge on any atom is 0.220 e. The normalized spacial score (nSPS) is 10.6. The average molecular weight is 463 g/mol. The summed E-state index contributed by atoms with van der Waals surface area (Å²) >= 11 is 0. The third kappa shape index (κ3) is 7.51. The highest BCUT2D eigenvalue weighted by atomic mass is 16.5. The Kier molecular flexibility index (Phi) is 9.77. The lowest BCUT2D eigenvalue weighted by Crippen LogP contribution is -2.26. The van der Waals surface area contributed by atoms with Crippen molar-refractivity contribution in [3.63, 3.8) is 0 Å². The van der Waals surface area contributed by atoms with Gasteiger partial charge in [-0.05, 0) is 59.7 Å². The van der Waals surface area contributed by atoms with Gasteiger partial charge in [-0.15, -0.1) is 0 Å². The largest absolute Gasteiger partial charge is 0.493 e. The molecule has 34 heavy (non-hydrogen) atoms. The van der Waals surface area contributed by atoms with Crippen LogP contribution in [0.5, 0.6) is 11.5 Å². The van der Waals surface area contributed by atoms with Crippen molar-refractivity contribution in [1.29, 1.82) is 0 Å². The van der Waals surface area contributed by atoms with Crippen molar-refractivity contribution < 1.29 is 19.1 Å². The lowest BCUT2D eigenvalue weighted by atomic mass is 10.0. The zero-order valence-corrected chi connectivity index (χ0v) is 20.1. The molecule has 0 saturated heterocycles. The molecule has 6 heteroatoms. The summed E-state index contributed by atoms with van der Waals surface area (Å²) in [5.74, 6) is 1.42. The van der Waals surface area contributed by atoms with Gasteiger partial charge in [0.1, 0.15) is 0 Å². The molecule has 2 amide bonds. The number of hydrogen-bond donors (Lipinski definition) is 2. The molecule has 3 rings (SSSR count). The number of carbonyl (C=O) groups is 2. The number of fused-ring (bicyclic) bond motifs is 1. The van der Waals surface area contributed by atoms with Crippen molar-refractivity contribution in [2.75, 3.05) is 27.3 Å². The fraction of sp³-hybridized carbons (Fsp3) is 0.357. The van der Waals surface area contributed by atoms with Crippen LogP contribution in [-0.2, 0) is 22.4 Å². The summed E-state index contributed by atoms with van der Waals surface area (Å²) < 4.78 is 10.5. The van der Waals surface area contributed by atoms with Gasteiger partial charge in [-0.25, -0.2) is 0 Å². The second-order valence-electron chi connectivity index (χ2n) is 8.23. The zero-order valence-electron chi connectivity index (χ0n) is 20.1. The Morgan fingerprint density at radius 3 is 2.09 bits per heavy atom. The minimum atomic E-state index is 0.0110. The first-order valence-electron chi connectivity index (χ1n) is 11.8. The molecular weight excluding hydrogens is 428 g/mol. The number of rotatable bonds is 13. The van der Waals surface area contributed by atoms with Crippen LogP contribution in [0.4, 0.5) is 0 Å². The van der Waals surface area contributed by atoms with Gasteiger partial charge in [0.15, 0.2) is 11.5 Å². The second-order valence-corrected chi connectivity index (χ2v) is 8.23. The summed E-state index contributed by atoms with van der Waals surface area (Å²) in [6, 6.07) is 20.3. The van der Waals surface area contributed by atoms with Crippen LogP contribution < -0.4 is 20.1 Å². The van der Waals surface area contributed by atoms with E-state index in [4.69, 9.17) is 9.47 Å². The van der Waals surface area contributed by atoms with Crippen molar-refractivity contribution in [3.05, 3.63) is 71.8 Å². The molecule has 0 aliphatic rings. The summed E-state index contributed by atoms with van der Waals surface area (Å²) in [6.07, 6.45) is 3.77. The second kappa shape index (κ2) is 13.2. The average Bonchev–Trinajstić information content (AvgIpc) is 2.86. The Labute approximate surface area is 201 Å². The van der Waals surface area contributed by atoms with E-state index in [0.717, 1.165) is 12.0 Å². The van der Waals surface area contributed by atoms with E-state index in [1.54, 1.807) is 14.2 Å². The standard InChI is InChI=1S/C28H34N2O4/c1-33-25-15-14-21(20-26(25)34-2)16-18-29-27(31)12-5-6-13-28(32)30-19-17-23-10-7-9-22-8-3-4-11-24(22)23/h3-4,7-11,14-15,20H,5-6,12-13,16-19H2,1-2H3,(H,29,31)(H,30,32). The van der Waals surface area contributed by atoms with Crippen LogP contribution in [0, 0.1) is 0 Å². The molecular formula is C28H34N2O4. The van der Waals surface area contributed by atoms with Gasteiger partial charge in [-0.3, -0.25) is 9.59 Å². The molecule has 180 valence electrons. The predicted molar refractivity (Wildman–Crippen MR) is 135 cm³/mol. The molecule has 0 unspecified atom stereocenters. The fourth-order valence-electron chi connectivity index (χ4n) is 3.98. The minimum absolute atomic E-state index is 0.0110. The summed E-state index contributed by atoms with van der Waals surface area (Å²) in [5, 5.41) is 8.38. The highest BCUT2D eigenvalue weighted by Gasteiger charge is 2.07. The molecule has 3 aromatic rings. The third-order valence-corrected chi connectivity index (χ3v) is 5.84. The molecule has 0 aliphatic carbocycles. The molecule has 0 radical (unpaired) electrons. The number of unbranched alkanes of at least 4 members (excludes halogenated alkanes) is 1. The molecule has 3 aromatic carbocycles. The molecule has 0 bridgehead atoms. The Balaban J connectivity index is 1.27. The minimum Gasteiger partial charge on any atom is -0.493 e. The molecule has 0 atom stereocenters. The molecule has 0 aromatic heterocycles. The van der Waals surface area contributed by atoms with Crippen molar-refractivity contribution in [2.45, 2.75) is 38.5 Å². The summed E-state index contributed by atoms with van der Waals surface area (Å²) in [7, 11) is 3.21. The Morgan fingerprint density at radius 1 is 0.735 bits per heavy atom. The van der Waals surface area contributed by atoms with Crippen molar-refractivity contribution in [3.8, 4) is 11.5 Å². The number of amides is 2. The molecule has 2 N–H and O–H groups in total. The number of carbonyl (C=O) groups excluding carboxylic acids is 2. The molecule has 0 fully saturated rings. The lowest BCUT2D eigenvalue weighted by molar-refractivity contribution is -0.123.